The number of para-hydroxylation sites is 2. The minimum Gasteiger partial charge on any atom is -0.495 e. The van der Waals surface area contributed by atoms with Gasteiger partial charge in [0.2, 0.25) is 0 Å². The molecular formula is C11H15N2O. The van der Waals surface area contributed by atoms with Gasteiger partial charge >= 0.3 is 0 Å². The molecule has 0 spiro atoms. The number of nitrogens with one attached hydrogen (secondary N) is 1. The standard InChI is InChI=1S/C11H15N2O/c1-14-11-5-3-2-4-10(11)13-8-6-12-7-9-13/h2-6,12H,7-9H2,1H3. The largest absolute Gasteiger partial charge is 0.495 e. The van der Waals surface area contributed by atoms with Gasteiger partial charge in [-0.25, -0.2) is 0 Å². The molecule has 0 atom stereocenters. The maximum absolute atomic E-state index is 5.32. The lowest BCUT2D eigenvalue weighted by molar-refractivity contribution is 0.413. The quantitative estimate of drug-likeness (QED) is 0.761. The van der Waals surface area contributed by atoms with Gasteiger partial charge in [-0.05, 0) is 12.1 Å². The van der Waals surface area contributed by atoms with Crippen molar-refractivity contribution in [3.8, 4) is 5.75 Å². The lowest BCUT2D eigenvalue weighted by atomic mass is 10.2. The van der Waals surface area contributed by atoms with Crippen LogP contribution in [-0.4, -0.2) is 26.7 Å². The zero-order chi connectivity index (χ0) is 9.80. The average molecular weight is 191 g/mol. The van der Waals surface area contributed by atoms with Crippen LogP contribution in [0.15, 0.2) is 24.3 Å². The van der Waals surface area contributed by atoms with E-state index in [1.165, 1.54) is 5.69 Å². The van der Waals surface area contributed by atoms with E-state index in [2.05, 4.69) is 22.8 Å². The predicted octanol–water partition coefficient (Wildman–Crippen LogP) is 1.27. The van der Waals surface area contributed by atoms with Gasteiger partial charge in [0.15, 0.2) is 0 Å². The van der Waals surface area contributed by atoms with Crippen molar-refractivity contribution in [3.05, 3.63) is 30.8 Å². The predicted molar refractivity (Wildman–Crippen MR) is 57.5 cm³/mol. The molecule has 1 aromatic rings. The Kier molecular flexibility index (Phi) is 2.89. The fourth-order valence-corrected chi connectivity index (χ4v) is 1.68. The molecule has 2 rings (SSSR count). The van der Waals surface area contributed by atoms with E-state index in [9.17, 15) is 0 Å². The highest BCUT2D eigenvalue weighted by atomic mass is 16.5. The number of hydrogen-bond acceptors (Lipinski definition) is 3. The van der Waals surface area contributed by atoms with E-state index in [0.29, 0.717) is 0 Å². The number of ether oxygens (including phenoxy) is 1. The first-order chi connectivity index (χ1) is 6.92. The van der Waals surface area contributed by atoms with Crippen molar-refractivity contribution in [1.29, 1.82) is 0 Å². The zero-order valence-corrected chi connectivity index (χ0v) is 8.36. The molecule has 1 aliphatic heterocycles. The molecule has 0 aromatic heterocycles. The van der Waals surface area contributed by atoms with Crippen LogP contribution in [0.5, 0.6) is 5.75 Å². The maximum atomic E-state index is 5.32. The highest BCUT2D eigenvalue weighted by Crippen LogP contribution is 2.27. The highest BCUT2D eigenvalue weighted by molar-refractivity contribution is 5.58. The molecule has 1 N–H and O–H groups in total. The van der Waals surface area contributed by atoms with Gasteiger partial charge in [-0.1, -0.05) is 12.1 Å². The number of hydrogen-bond donors (Lipinski definition) is 1. The summed E-state index contributed by atoms with van der Waals surface area (Å²) in [5, 5.41) is 3.21. The fourth-order valence-electron chi connectivity index (χ4n) is 1.68. The van der Waals surface area contributed by atoms with E-state index in [1.54, 1.807) is 7.11 Å². The Morgan fingerprint density at radius 1 is 1.36 bits per heavy atom. The summed E-state index contributed by atoms with van der Waals surface area (Å²) in [6.45, 7) is 5.03. The van der Waals surface area contributed by atoms with Crippen LogP contribution in [0.4, 0.5) is 5.69 Å². The molecule has 0 unspecified atom stereocenters. The van der Waals surface area contributed by atoms with E-state index in [0.717, 1.165) is 25.4 Å². The van der Waals surface area contributed by atoms with Crippen LogP contribution in [-0.2, 0) is 0 Å². The maximum Gasteiger partial charge on any atom is 0.142 e. The first-order valence-corrected chi connectivity index (χ1v) is 4.85. The van der Waals surface area contributed by atoms with Crippen LogP contribution in [0, 0.1) is 6.54 Å². The Morgan fingerprint density at radius 3 is 2.93 bits per heavy atom. The second-order valence-corrected chi connectivity index (χ2v) is 3.28. The molecule has 14 heavy (non-hydrogen) atoms. The lowest BCUT2D eigenvalue weighted by Crippen LogP contribution is -2.40. The van der Waals surface area contributed by atoms with Gasteiger partial charge in [-0.3, -0.25) is 0 Å². The molecular weight excluding hydrogens is 176 g/mol. The third-order valence-electron chi connectivity index (χ3n) is 2.41. The van der Waals surface area contributed by atoms with Crippen LogP contribution < -0.4 is 15.0 Å². The van der Waals surface area contributed by atoms with Crippen LogP contribution in [0.3, 0.4) is 0 Å². The average Bonchev–Trinajstić information content (AvgIpc) is 2.30. The number of methoxy groups -OCH3 is 1. The Balaban J connectivity index is 2.20. The van der Waals surface area contributed by atoms with Gasteiger partial charge in [0.05, 0.1) is 12.8 Å². The summed E-state index contributed by atoms with van der Waals surface area (Å²) < 4.78 is 5.32. The molecule has 1 heterocycles. The normalized spacial score (nSPS) is 16.8. The molecule has 0 aliphatic carbocycles. The molecule has 1 fully saturated rings. The Hall–Kier alpha value is -1.22. The minimum atomic E-state index is 0.931. The van der Waals surface area contributed by atoms with Crippen molar-refractivity contribution in [3.63, 3.8) is 0 Å². The molecule has 3 heteroatoms. The summed E-state index contributed by atoms with van der Waals surface area (Å²) >= 11 is 0. The van der Waals surface area contributed by atoms with E-state index in [-0.39, 0.29) is 0 Å². The molecule has 0 saturated carbocycles. The third-order valence-corrected chi connectivity index (χ3v) is 2.41. The van der Waals surface area contributed by atoms with Crippen molar-refractivity contribution in [2.45, 2.75) is 0 Å². The van der Waals surface area contributed by atoms with Crippen molar-refractivity contribution in [1.82, 2.24) is 5.32 Å². The molecule has 3 nitrogen and oxygen atoms in total. The Morgan fingerprint density at radius 2 is 2.21 bits per heavy atom. The summed E-state index contributed by atoms with van der Waals surface area (Å²) in [7, 11) is 1.71. The molecule has 1 aliphatic rings. The summed E-state index contributed by atoms with van der Waals surface area (Å²) in [5.74, 6) is 0.947. The summed E-state index contributed by atoms with van der Waals surface area (Å²) in [4.78, 5) is 2.30. The van der Waals surface area contributed by atoms with Crippen molar-refractivity contribution < 1.29 is 4.74 Å². The van der Waals surface area contributed by atoms with E-state index in [4.69, 9.17) is 4.74 Å². The van der Waals surface area contributed by atoms with Gasteiger partial charge in [-0.15, -0.1) is 0 Å². The Bertz CT molecular complexity index is 295. The van der Waals surface area contributed by atoms with Gasteiger partial charge in [-0.2, -0.15) is 0 Å². The first kappa shape index (κ1) is 9.34. The second kappa shape index (κ2) is 4.33. The van der Waals surface area contributed by atoms with Crippen molar-refractivity contribution >= 4 is 5.69 Å². The summed E-state index contributed by atoms with van der Waals surface area (Å²) in [5.41, 5.74) is 1.17. The second-order valence-electron chi connectivity index (χ2n) is 3.28. The SMILES string of the molecule is COc1ccccc1N1C[CH]NCC1. The Labute approximate surface area is 84.7 Å². The highest BCUT2D eigenvalue weighted by Gasteiger charge is 2.13. The van der Waals surface area contributed by atoms with Gasteiger partial charge in [0.25, 0.3) is 0 Å². The smallest absolute Gasteiger partial charge is 0.142 e. The van der Waals surface area contributed by atoms with Gasteiger partial charge in [0, 0.05) is 26.2 Å². The molecule has 1 aromatic carbocycles. The topological polar surface area (TPSA) is 24.5 Å². The van der Waals surface area contributed by atoms with E-state index in [1.807, 2.05) is 18.2 Å². The van der Waals surface area contributed by atoms with Crippen LogP contribution in [0.25, 0.3) is 0 Å². The third kappa shape index (κ3) is 1.82. The zero-order valence-electron chi connectivity index (χ0n) is 8.36. The van der Waals surface area contributed by atoms with Gasteiger partial charge < -0.3 is 15.0 Å². The summed E-state index contributed by atoms with van der Waals surface area (Å²) in [6, 6.07) is 8.13. The number of anilines is 1. The number of nitrogens with zero attached hydrogens (tertiary/aromatic N) is 1. The van der Waals surface area contributed by atoms with Crippen molar-refractivity contribution in [2.75, 3.05) is 31.6 Å². The molecule has 1 radical (unpaired) electrons. The minimum absolute atomic E-state index is 0.931. The lowest BCUT2D eigenvalue weighted by Gasteiger charge is -2.30. The van der Waals surface area contributed by atoms with E-state index < -0.39 is 0 Å². The first-order valence-electron chi connectivity index (χ1n) is 4.85. The molecule has 75 valence electrons. The number of rotatable bonds is 2. The van der Waals surface area contributed by atoms with Crippen LogP contribution in [0.2, 0.25) is 0 Å². The monoisotopic (exact) mass is 191 g/mol. The number of piperazine rings is 1. The summed E-state index contributed by atoms with van der Waals surface area (Å²) in [6.07, 6.45) is 0. The van der Waals surface area contributed by atoms with Crippen LogP contribution in [0.1, 0.15) is 0 Å². The number of benzene rings is 1. The molecule has 1 saturated heterocycles. The fraction of sp³-hybridized carbons (Fsp3) is 0.364. The van der Waals surface area contributed by atoms with Crippen molar-refractivity contribution in [2.24, 2.45) is 0 Å². The molecule has 0 bridgehead atoms. The molecule has 0 amide bonds. The van der Waals surface area contributed by atoms with Crippen LogP contribution >= 0.6 is 0 Å². The van der Waals surface area contributed by atoms with E-state index >= 15 is 0 Å². The van der Waals surface area contributed by atoms with Gasteiger partial charge in [0.1, 0.15) is 5.75 Å².